The lowest BCUT2D eigenvalue weighted by Gasteiger charge is -2.20. The molecule has 0 spiro atoms. The summed E-state index contributed by atoms with van der Waals surface area (Å²) < 4.78 is 5.81. The van der Waals surface area contributed by atoms with Crippen LogP contribution in [0.4, 0.5) is 0 Å². The molecule has 3 nitrogen and oxygen atoms in total. The van der Waals surface area contributed by atoms with Crippen LogP contribution >= 0.6 is 0 Å². The Morgan fingerprint density at radius 1 is 1.07 bits per heavy atom. The maximum absolute atomic E-state index is 13.0. The molecule has 1 saturated carbocycles. The summed E-state index contributed by atoms with van der Waals surface area (Å²) in [7, 11) is 0. The van der Waals surface area contributed by atoms with E-state index in [1.165, 1.54) is 5.56 Å². The van der Waals surface area contributed by atoms with Crippen LogP contribution in [0.1, 0.15) is 66.0 Å². The molecule has 2 aromatic carbocycles. The summed E-state index contributed by atoms with van der Waals surface area (Å²) in [5, 5.41) is 10.9. The molecule has 0 amide bonds. The predicted molar refractivity (Wildman–Crippen MR) is 116 cm³/mol. The molecule has 2 unspecified atom stereocenters. The minimum absolute atomic E-state index is 0.0587. The minimum Gasteiger partial charge on any atom is -0.507 e. The second-order valence-corrected chi connectivity index (χ2v) is 8.26. The fourth-order valence-corrected chi connectivity index (χ4v) is 4.31. The van der Waals surface area contributed by atoms with Gasteiger partial charge in [-0.2, -0.15) is 0 Å². The Hall–Kier alpha value is -2.81. The minimum atomic E-state index is -0.398. The Morgan fingerprint density at radius 2 is 1.83 bits per heavy atom. The van der Waals surface area contributed by atoms with Crippen LogP contribution in [0.3, 0.4) is 0 Å². The molecule has 0 saturated heterocycles. The Bertz CT molecular complexity index is 1030. The number of hydrogen-bond acceptors (Lipinski definition) is 3. The molecule has 1 aromatic heterocycles. The third-order valence-electron chi connectivity index (χ3n) is 6.01. The highest BCUT2D eigenvalue weighted by molar-refractivity contribution is 5.43. The Labute approximate surface area is 172 Å². The highest BCUT2D eigenvalue weighted by Crippen LogP contribution is 2.48. The lowest BCUT2D eigenvalue weighted by molar-refractivity contribution is 0.379. The van der Waals surface area contributed by atoms with E-state index < -0.39 is 5.63 Å². The van der Waals surface area contributed by atoms with Crippen molar-refractivity contribution in [1.82, 2.24) is 0 Å². The van der Waals surface area contributed by atoms with Crippen molar-refractivity contribution in [3.8, 4) is 5.75 Å². The van der Waals surface area contributed by atoms with E-state index in [4.69, 9.17) is 4.42 Å². The van der Waals surface area contributed by atoms with Crippen LogP contribution in [0, 0.1) is 12.8 Å². The predicted octanol–water partition coefficient (Wildman–Crippen LogP) is 5.93. The van der Waals surface area contributed by atoms with E-state index in [0.29, 0.717) is 17.2 Å². The fraction of sp³-hybridized carbons (Fsp3) is 0.346. The van der Waals surface area contributed by atoms with Crippen LogP contribution in [0.2, 0.25) is 0 Å². The molecule has 1 heterocycles. The summed E-state index contributed by atoms with van der Waals surface area (Å²) in [5.74, 6) is 0.989. The van der Waals surface area contributed by atoms with Gasteiger partial charge in [-0.05, 0) is 49.7 Å². The maximum atomic E-state index is 13.0. The van der Waals surface area contributed by atoms with Gasteiger partial charge in [-0.1, -0.05) is 67.1 Å². The van der Waals surface area contributed by atoms with Gasteiger partial charge >= 0.3 is 5.63 Å². The van der Waals surface area contributed by atoms with Crippen LogP contribution in [-0.4, -0.2) is 5.11 Å². The lowest BCUT2D eigenvalue weighted by atomic mass is 9.86. The van der Waals surface area contributed by atoms with E-state index in [1.807, 2.05) is 43.3 Å². The van der Waals surface area contributed by atoms with Crippen LogP contribution in [-0.2, 0) is 6.42 Å². The van der Waals surface area contributed by atoms with Crippen molar-refractivity contribution in [2.75, 3.05) is 0 Å². The molecule has 1 fully saturated rings. The molecule has 3 aromatic rings. The quantitative estimate of drug-likeness (QED) is 0.545. The maximum Gasteiger partial charge on any atom is 0.343 e. The highest BCUT2D eigenvalue weighted by Gasteiger charge is 2.37. The van der Waals surface area contributed by atoms with Crippen molar-refractivity contribution in [3.63, 3.8) is 0 Å². The second kappa shape index (κ2) is 8.28. The molecule has 2 atom stereocenters. The zero-order valence-corrected chi connectivity index (χ0v) is 17.1. The van der Waals surface area contributed by atoms with Gasteiger partial charge in [0, 0.05) is 17.9 Å². The molecule has 3 heteroatoms. The number of aromatic hydroxyl groups is 1. The first-order chi connectivity index (χ1) is 14.1. The second-order valence-electron chi connectivity index (χ2n) is 8.26. The van der Waals surface area contributed by atoms with Crippen molar-refractivity contribution >= 4 is 0 Å². The third-order valence-corrected chi connectivity index (χ3v) is 6.01. The standard InChI is InChI=1S/C26H28O3/c1-3-19(15-18-9-5-4-6-10-18)23-16-22(27)25(26(28)29-23)24(20-12-13-20)21-11-7-8-17(2)14-21/h4-11,14,16,19-20,24,27H,3,12-13,15H2,1-2H3. The average Bonchev–Trinajstić information content (AvgIpc) is 3.54. The number of hydrogen-bond donors (Lipinski definition) is 1. The zero-order chi connectivity index (χ0) is 20.4. The molecule has 1 aliphatic rings. The molecule has 29 heavy (non-hydrogen) atoms. The molecule has 150 valence electrons. The van der Waals surface area contributed by atoms with E-state index in [2.05, 4.69) is 25.1 Å². The summed E-state index contributed by atoms with van der Waals surface area (Å²) in [6.45, 7) is 4.13. The lowest BCUT2D eigenvalue weighted by Crippen LogP contribution is -2.17. The van der Waals surface area contributed by atoms with Gasteiger partial charge in [0.25, 0.3) is 0 Å². The Kier molecular flexibility index (Phi) is 5.57. The van der Waals surface area contributed by atoms with E-state index in [9.17, 15) is 9.90 Å². The Morgan fingerprint density at radius 3 is 2.45 bits per heavy atom. The van der Waals surface area contributed by atoms with Gasteiger partial charge in [0.1, 0.15) is 11.5 Å². The molecule has 4 rings (SSSR count). The van der Waals surface area contributed by atoms with Crippen LogP contribution in [0.15, 0.2) is 69.9 Å². The van der Waals surface area contributed by atoms with Crippen LogP contribution in [0.25, 0.3) is 0 Å². The van der Waals surface area contributed by atoms with E-state index in [0.717, 1.165) is 36.8 Å². The topological polar surface area (TPSA) is 50.4 Å². The third kappa shape index (κ3) is 4.29. The van der Waals surface area contributed by atoms with Crippen molar-refractivity contribution < 1.29 is 9.52 Å². The van der Waals surface area contributed by atoms with Crippen LogP contribution in [0.5, 0.6) is 5.75 Å². The summed E-state index contributed by atoms with van der Waals surface area (Å²) >= 11 is 0. The van der Waals surface area contributed by atoms with E-state index in [-0.39, 0.29) is 17.6 Å². The van der Waals surface area contributed by atoms with Gasteiger partial charge in [-0.3, -0.25) is 0 Å². The molecular weight excluding hydrogens is 360 g/mol. The molecule has 0 radical (unpaired) electrons. The molecule has 0 aliphatic heterocycles. The Balaban J connectivity index is 1.70. The highest BCUT2D eigenvalue weighted by atomic mass is 16.4. The first kappa shape index (κ1) is 19.5. The average molecular weight is 389 g/mol. The van der Waals surface area contributed by atoms with Gasteiger partial charge in [-0.15, -0.1) is 0 Å². The van der Waals surface area contributed by atoms with E-state index in [1.54, 1.807) is 6.07 Å². The summed E-state index contributed by atoms with van der Waals surface area (Å²) in [6, 6.07) is 20.1. The zero-order valence-electron chi connectivity index (χ0n) is 17.1. The van der Waals surface area contributed by atoms with Gasteiger partial charge in [0.15, 0.2) is 0 Å². The normalized spacial score (nSPS) is 15.8. The van der Waals surface area contributed by atoms with Gasteiger partial charge < -0.3 is 9.52 Å². The first-order valence-corrected chi connectivity index (χ1v) is 10.5. The number of aryl methyl sites for hydroxylation is 1. The molecule has 1 N–H and O–H groups in total. The molecule has 1 aliphatic carbocycles. The first-order valence-electron chi connectivity index (χ1n) is 10.5. The van der Waals surface area contributed by atoms with Gasteiger partial charge in [0.2, 0.25) is 0 Å². The van der Waals surface area contributed by atoms with Crippen molar-refractivity contribution in [3.05, 3.63) is 99.1 Å². The van der Waals surface area contributed by atoms with Crippen molar-refractivity contribution in [2.45, 2.75) is 51.4 Å². The van der Waals surface area contributed by atoms with E-state index >= 15 is 0 Å². The summed E-state index contributed by atoms with van der Waals surface area (Å²) in [5.41, 5.74) is 3.45. The van der Waals surface area contributed by atoms with Gasteiger partial charge in [0.05, 0.1) is 5.56 Å². The SMILES string of the molecule is CCC(Cc1ccccc1)c1cc(O)c(C(c2cccc(C)c2)C2CC2)c(=O)o1. The molecular formula is C26H28O3. The van der Waals surface area contributed by atoms with Crippen molar-refractivity contribution in [2.24, 2.45) is 5.92 Å². The monoisotopic (exact) mass is 388 g/mol. The number of benzene rings is 2. The summed E-state index contributed by atoms with van der Waals surface area (Å²) in [6.07, 6.45) is 3.76. The van der Waals surface area contributed by atoms with Crippen molar-refractivity contribution in [1.29, 1.82) is 0 Å². The number of rotatable bonds is 7. The summed E-state index contributed by atoms with van der Waals surface area (Å²) in [4.78, 5) is 13.0. The largest absolute Gasteiger partial charge is 0.507 e. The van der Waals surface area contributed by atoms with Gasteiger partial charge in [-0.25, -0.2) is 4.79 Å². The molecule has 0 bridgehead atoms. The fourth-order valence-electron chi connectivity index (χ4n) is 4.31. The smallest absolute Gasteiger partial charge is 0.343 e. The van der Waals surface area contributed by atoms with Crippen LogP contribution < -0.4 is 5.63 Å².